The van der Waals surface area contributed by atoms with Gasteiger partial charge in [0.2, 0.25) is 0 Å². The van der Waals surface area contributed by atoms with Crippen molar-refractivity contribution in [1.29, 1.82) is 0 Å². The minimum Gasteiger partial charge on any atom is -0.378 e. The molecule has 0 spiro atoms. The van der Waals surface area contributed by atoms with Crippen LogP contribution in [-0.4, -0.2) is 53.6 Å². The van der Waals surface area contributed by atoms with Gasteiger partial charge in [-0.05, 0) is 55.8 Å². The molecule has 0 aliphatic carbocycles. The van der Waals surface area contributed by atoms with Crippen LogP contribution in [0.25, 0.3) is 11.4 Å². The molecular weight excluding hydrogens is 397 g/mol. The highest BCUT2D eigenvalue weighted by Gasteiger charge is 2.21. The van der Waals surface area contributed by atoms with E-state index in [1.807, 2.05) is 6.92 Å². The van der Waals surface area contributed by atoms with Crippen LogP contribution in [0.4, 0.5) is 10.2 Å². The Morgan fingerprint density at radius 2 is 1.90 bits per heavy atom. The first-order valence-corrected chi connectivity index (χ1v) is 10.2. The van der Waals surface area contributed by atoms with Crippen molar-refractivity contribution in [2.24, 2.45) is 5.73 Å². The standard InChI is InChI=1S/C23H24FN5O2/c1-15-10-17(11-21(28-15)29-6-8-31-9-7-29)22(30)20-12-18(24)2-3-19(20)23-26-13-16(4-5-25)14-27-23/h2-3,10-14H,4-9,25H2,1H3. The van der Waals surface area contributed by atoms with E-state index in [-0.39, 0.29) is 11.3 Å². The third-order valence-electron chi connectivity index (χ3n) is 5.14. The fourth-order valence-electron chi connectivity index (χ4n) is 3.58. The fraction of sp³-hybridized carbons (Fsp3) is 0.304. The maximum Gasteiger partial charge on any atom is 0.194 e. The van der Waals surface area contributed by atoms with Crippen LogP contribution in [0.1, 0.15) is 27.2 Å². The van der Waals surface area contributed by atoms with E-state index in [0.717, 1.165) is 5.56 Å². The predicted molar refractivity (Wildman–Crippen MR) is 116 cm³/mol. The molecule has 0 saturated carbocycles. The summed E-state index contributed by atoms with van der Waals surface area (Å²) in [6.45, 7) is 4.98. The van der Waals surface area contributed by atoms with Crippen LogP contribution in [0, 0.1) is 12.7 Å². The summed E-state index contributed by atoms with van der Waals surface area (Å²) in [4.78, 5) is 28.8. The molecule has 7 nitrogen and oxygen atoms in total. The first-order valence-electron chi connectivity index (χ1n) is 10.2. The molecule has 2 N–H and O–H groups in total. The summed E-state index contributed by atoms with van der Waals surface area (Å²) in [5, 5.41) is 0. The van der Waals surface area contributed by atoms with Gasteiger partial charge in [-0.15, -0.1) is 0 Å². The molecule has 8 heteroatoms. The average molecular weight is 421 g/mol. The van der Waals surface area contributed by atoms with Gasteiger partial charge in [0.15, 0.2) is 11.6 Å². The van der Waals surface area contributed by atoms with Gasteiger partial charge in [0.05, 0.1) is 13.2 Å². The molecule has 0 bridgehead atoms. The lowest BCUT2D eigenvalue weighted by molar-refractivity contribution is 0.103. The number of pyridine rings is 1. The minimum atomic E-state index is -0.494. The Morgan fingerprint density at radius 3 is 2.61 bits per heavy atom. The Morgan fingerprint density at radius 1 is 1.16 bits per heavy atom. The molecule has 1 fully saturated rings. The van der Waals surface area contributed by atoms with Crippen LogP contribution in [0.3, 0.4) is 0 Å². The number of benzene rings is 1. The molecule has 1 aliphatic heterocycles. The van der Waals surface area contributed by atoms with E-state index in [1.165, 1.54) is 18.2 Å². The molecule has 2 aromatic heterocycles. The second kappa shape index (κ2) is 9.28. The molecule has 0 atom stereocenters. The molecule has 1 aliphatic rings. The average Bonchev–Trinajstić information content (AvgIpc) is 2.79. The van der Waals surface area contributed by atoms with Gasteiger partial charge in [0.25, 0.3) is 0 Å². The van der Waals surface area contributed by atoms with Gasteiger partial charge in [0, 0.05) is 47.9 Å². The number of morpholine rings is 1. The highest BCUT2D eigenvalue weighted by Crippen LogP contribution is 2.26. The lowest BCUT2D eigenvalue weighted by Gasteiger charge is -2.28. The third kappa shape index (κ3) is 4.76. The number of halogens is 1. The number of aryl methyl sites for hydroxylation is 1. The van der Waals surface area contributed by atoms with Crippen molar-refractivity contribution in [3.63, 3.8) is 0 Å². The summed E-state index contributed by atoms with van der Waals surface area (Å²) < 4.78 is 19.5. The molecule has 1 saturated heterocycles. The summed E-state index contributed by atoms with van der Waals surface area (Å²) in [6.07, 6.45) is 4.02. The van der Waals surface area contributed by atoms with Crippen LogP contribution >= 0.6 is 0 Å². The van der Waals surface area contributed by atoms with Crippen molar-refractivity contribution < 1.29 is 13.9 Å². The number of hydrogen-bond donors (Lipinski definition) is 1. The zero-order valence-corrected chi connectivity index (χ0v) is 17.3. The van der Waals surface area contributed by atoms with Gasteiger partial charge >= 0.3 is 0 Å². The van der Waals surface area contributed by atoms with Crippen molar-refractivity contribution >= 4 is 11.6 Å². The number of anilines is 1. The van der Waals surface area contributed by atoms with E-state index in [1.54, 1.807) is 24.5 Å². The first-order chi connectivity index (χ1) is 15.0. The summed E-state index contributed by atoms with van der Waals surface area (Å²) >= 11 is 0. The number of carbonyl (C=O) groups is 1. The molecule has 0 radical (unpaired) electrons. The molecule has 3 heterocycles. The number of hydrogen-bond acceptors (Lipinski definition) is 7. The number of ketones is 1. The highest BCUT2D eigenvalue weighted by molar-refractivity contribution is 6.12. The van der Waals surface area contributed by atoms with E-state index in [2.05, 4.69) is 19.9 Å². The highest BCUT2D eigenvalue weighted by atomic mass is 19.1. The van der Waals surface area contributed by atoms with Crippen molar-refractivity contribution in [2.75, 3.05) is 37.7 Å². The summed E-state index contributed by atoms with van der Waals surface area (Å²) in [7, 11) is 0. The largest absolute Gasteiger partial charge is 0.378 e. The molecule has 1 aromatic carbocycles. The minimum absolute atomic E-state index is 0.213. The Hall–Kier alpha value is -3.23. The van der Waals surface area contributed by atoms with Gasteiger partial charge < -0.3 is 15.4 Å². The van der Waals surface area contributed by atoms with E-state index < -0.39 is 5.82 Å². The second-order valence-corrected chi connectivity index (χ2v) is 7.43. The molecule has 0 amide bonds. The fourth-order valence-corrected chi connectivity index (χ4v) is 3.58. The van der Waals surface area contributed by atoms with Gasteiger partial charge in [0.1, 0.15) is 11.6 Å². The second-order valence-electron chi connectivity index (χ2n) is 7.43. The number of rotatable bonds is 6. The smallest absolute Gasteiger partial charge is 0.194 e. The number of ether oxygens (including phenoxy) is 1. The van der Waals surface area contributed by atoms with E-state index in [9.17, 15) is 9.18 Å². The topological polar surface area (TPSA) is 94.2 Å². The SMILES string of the molecule is Cc1cc(C(=O)c2cc(F)ccc2-c2ncc(CCN)cn2)cc(N2CCOCC2)n1. The molecule has 4 rings (SSSR count). The molecular formula is C23H24FN5O2. The summed E-state index contributed by atoms with van der Waals surface area (Å²) in [5.41, 5.74) is 8.33. The van der Waals surface area contributed by atoms with Crippen molar-refractivity contribution in [3.8, 4) is 11.4 Å². The number of nitrogens with two attached hydrogens (primary N) is 1. The van der Waals surface area contributed by atoms with Crippen molar-refractivity contribution in [3.05, 3.63) is 70.9 Å². The van der Waals surface area contributed by atoms with Gasteiger partial charge in [-0.2, -0.15) is 0 Å². The zero-order valence-electron chi connectivity index (χ0n) is 17.3. The first kappa shape index (κ1) is 21.0. The van der Waals surface area contributed by atoms with Crippen LogP contribution in [0.2, 0.25) is 0 Å². The normalized spacial score (nSPS) is 14.0. The van der Waals surface area contributed by atoms with E-state index >= 15 is 0 Å². The summed E-state index contributed by atoms with van der Waals surface area (Å²) in [6, 6.07) is 7.55. The molecule has 3 aromatic rings. The Balaban J connectivity index is 1.72. The summed E-state index contributed by atoms with van der Waals surface area (Å²) in [5.74, 6) is 0.283. The maximum atomic E-state index is 14.1. The van der Waals surface area contributed by atoms with Crippen LogP contribution in [0.5, 0.6) is 0 Å². The number of carbonyl (C=O) groups excluding carboxylic acids is 1. The monoisotopic (exact) mass is 421 g/mol. The Labute approximate surface area is 180 Å². The van der Waals surface area contributed by atoms with Gasteiger partial charge in [-0.1, -0.05) is 0 Å². The number of aromatic nitrogens is 3. The third-order valence-corrected chi connectivity index (χ3v) is 5.14. The predicted octanol–water partition coefficient (Wildman–Crippen LogP) is 2.55. The zero-order chi connectivity index (χ0) is 21.8. The van der Waals surface area contributed by atoms with Gasteiger partial charge in [-0.3, -0.25) is 4.79 Å². The van der Waals surface area contributed by atoms with Gasteiger partial charge in [-0.25, -0.2) is 19.3 Å². The molecule has 160 valence electrons. The Kier molecular flexibility index (Phi) is 6.29. The van der Waals surface area contributed by atoms with E-state index in [4.69, 9.17) is 10.5 Å². The van der Waals surface area contributed by atoms with Crippen LogP contribution < -0.4 is 10.6 Å². The Bertz CT molecular complexity index is 1080. The van der Waals surface area contributed by atoms with Crippen molar-refractivity contribution in [2.45, 2.75) is 13.3 Å². The van der Waals surface area contributed by atoms with Crippen LogP contribution in [-0.2, 0) is 11.2 Å². The quantitative estimate of drug-likeness (QED) is 0.611. The lowest BCUT2D eigenvalue weighted by atomic mass is 9.97. The van der Waals surface area contributed by atoms with Crippen molar-refractivity contribution in [1.82, 2.24) is 15.0 Å². The molecule has 0 unspecified atom stereocenters. The van der Waals surface area contributed by atoms with E-state index in [0.29, 0.717) is 67.7 Å². The van der Waals surface area contributed by atoms with Crippen LogP contribution in [0.15, 0.2) is 42.7 Å². The lowest BCUT2D eigenvalue weighted by Crippen LogP contribution is -2.37. The number of nitrogens with zero attached hydrogens (tertiary/aromatic N) is 4. The molecule has 31 heavy (non-hydrogen) atoms. The maximum absolute atomic E-state index is 14.1.